The largest absolute Gasteiger partial charge is 0.481 e. The van der Waals surface area contributed by atoms with Crippen molar-refractivity contribution < 1.29 is 14.7 Å². The summed E-state index contributed by atoms with van der Waals surface area (Å²) in [6.07, 6.45) is 0. The van der Waals surface area contributed by atoms with Gasteiger partial charge in [-0.2, -0.15) is 0 Å². The summed E-state index contributed by atoms with van der Waals surface area (Å²) in [7, 11) is 0. The van der Waals surface area contributed by atoms with Crippen molar-refractivity contribution in [3.63, 3.8) is 0 Å². The predicted octanol–water partition coefficient (Wildman–Crippen LogP) is 1.48. The van der Waals surface area contributed by atoms with Crippen molar-refractivity contribution in [3.8, 4) is 0 Å². The maximum Gasteiger partial charge on any atom is 0.300 e. The van der Waals surface area contributed by atoms with Gasteiger partial charge >= 0.3 is 0 Å². The summed E-state index contributed by atoms with van der Waals surface area (Å²) >= 11 is 4.64. The van der Waals surface area contributed by atoms with E-state index in [1.54, 1.807) is 0 Å². The molecule has 0 atom stereocenters. The van der Waals surface area contributed by atoms with E-state index in [1.165, 1.54) is 6.92 Å². The van der Waals surface area contributed by atoms with E-state index in [1.807, 2.05) is 0 Å². The fraction of sp³-hybridized carbons (Fsp3) is 0.500. The minimum atomic E-state index is -0.833. The number of hydrogen-bond donors (Lipinski definition) is 1. The zero-order chi connectivity index (χ0) is 7.15. The Bertz CT molecular complexity index is 73.8. The molecule has 0 saturated heterocycles. The van der Waals surface area contributed by atoms with Crippen LogP contribution in [-0.2, 0) is 9.59 Å². The molecule has 0 amide bonds. The van der Waals surface area contributed by atoms with Crippen molar-refractivity contribution in [1.82, 2.24) is 0 Å². The lowest BCUT2D eigenvalue weighted by Crippen LogP contribution is -1.78. The molecule has 0 aliphatic carbocycles. The van der Waals surface area contributed by atoms with Gasteiger partial charge in [0, 0.05) is 13.8 Å². The van der Waals surface area contributed by atoms with Gasteiger partial charge in [0.2, 0.25) is 5.24 Å². The Morgan fingerprint density at radius 1 is 1.33 bits per heavy atom. The Labute approximate surface area is 75.4 Å². The standard InChI is InChI=1S/C2H3ClO.C2H4O2.HI/c2*1-2(3)4;/h1H3;1H3,(H,3,4);1H. The predicted molar refractivity (Wildman–Crippen MR) is 45.3 cm³/mol. The SMILES string of the molecule is CC(=O)Cl.CC(=O)O.I. The third kappa shape index (κ3) is 12100. The van der Waals surface area contributed by atoms with E-state index in [0.29, 0.717) is 0 Å². The molecule has 0 radical (unpaired) electrons. The van der Waals surface area contributed by atoms with E-state index in [9.17, 15) is 4.79 Å². The Kier molecular flexibility index (Phi) is 19.7. The second-order valence-electron chi connectivity index (χ2n) is 0.989. The molecule has 0 aromatic carbocycles. The zero-order valence-electron chi connectivity index (χ0n) is 5.05. The van der Waals surface area contributed by atoms with Crippen molar-refractivity contribution in [2.45, 2.75) is 13.8 Å². The average Bonchev–Trinajstić information content (AvgIpc) is 1.25. The summed E-state index contributed by atoms with van der Waals surface area (Å²) < 4.78 is 0. The summed E-state index contributed by atoms with van der Waals surface area (Å²) in [4.78, 5) is 18.2. The molecule has 5 heteroatoms. The van der Waals surface area contributed by atoms with Crippen LogP contribution in [0, 0.1) is 0 Å². The third-order valence-electron chi connectivity index (χ3n) is 0. The van der Waals surface area contributed by atoms with Crippen molar-refractivity contribution in [2.75, 3.05) is 0 Å². The summed E-state index contributed by atoms with van der Waals surface area (Å²) in [5.41, 5.74) is 0. The number of carboxylic acids is 1. The van der Waals surface area contributed by atoms with E-state index in [2.05, 4.69) is 11.6 Å². The second-order valence-corrected chi connectivity index (χ2v) is 1.52. The molecule has 3 nitrogen and oxygen atoms in total. The molecule has 0 aliphatic heterocycles. The van der Waals surface area contributed by atoms with Gasteiger partial charge in [-0.15, -0.1) is 24.0 Å². The van der Waals surface area contributed by atoms with Gasteiger partial charge in [0.1, 0.15) is 0 Å². The van der Waals surface area contributed by atoms with Crippen LogP contribution < -0.4 is 0 Å². The van der Waals surface area contributed by atoms with Crippen molar-refractivity contribution in [2.24, 2.45) is 0 Å². The van der Waals surface area contributed by atoms with Crippen LogP contribution in [0.1, 0.15) is 13.8 Å². The van der Waals surface area contributed by atoms with E-state index >= 15 is 0 Å². The van der Waals surface area contributed by atoms with E-state index < -0.39 is 5.97 Å². The quantitative estimate of drug-likeness (QED) is 0.534. The molecule has 0 saturated carbocycles. The Balaban J connectivity index is -0.0000000720. The highest BCUT2D eigenvalue weighted by molar-refractivity contribution is 14.0. The minimum absolute atomic E-state index is 0. The molecule has 56 valence electrons. The molecule has 0 heterocycles. The number of carboxylic acid groups (broad SMARTS) is 1. The first-order valence-corrected chi connectivity index (χ1v) is 2.20. The van der Waals surface area contributed by atoms with Crippen LogP contribution >= 0.6 is 35.6 Å². The first kappa shape index (κ1) is 16.1. The van der Waals surface area contributed by atoms with Crippen LogP contribution in [0.5, 0.6) is 0 Å². The molecule has 9 heavy (non-hydrogen) atoms. The number of hydrogen-bond acceptors (Lipinski definition) is 2. The number of carbonyl (C=O) groups excluding carboxylic acids is 1. The smallest absolute Gasteiger partial charge is 0.300 e. The molecule has 1 N–H and O–H groups in total. The lowest BCUT2D eigenvalue weighted by Gasteiger charge is -1.59. The number of aliphatic carboxylic acids is 1. The molecule has 0 bridgehead atoms. The highest BCUT2D eigenvalue weighted by Gasteiger charge is 1.67. The molecule has 0 aliphatic rings. The molecular weight excluding hydrogens is 258 g/mol. The van der Waals surface area contributed by atoms with Crippen molar-refractivity contribution in [1.29, 1.82) is 0 Å². The van der Waals surface area contributed by atoms with Gasteiger partial charge in [0.15, 0.2) is 0 Å². The van der Waals surface area contributed by atoms with Gasteiger partial charge < -0.3 is 5.11 Å². The maximum absolute atomic E-state index is 9.21. The number of carbonyl (C=O) groups is 2. The van der Waals surface area contributed by atoms with Gasteiger partial charge in [-0.1, -0.05) is 0 Å². The Hall–Kier alpha value is 0.160. The summed E-state index contributed by atoms with van der Waals surface area (Å²) in [6.45, 7) is 2.38. The van der Waals surface area contributed by atoms with Crippen LogP contribution in [0.15, 0.2) is 0 Å². The van der Waals surface area contributed by atoms with Gasteiger partial charge in [0.05, 0.1) is 0 Å². The summed E-state index contributed by atoms with van der Waals surface area (Å²) in [5.74, 6) is -0.833. The molecule has 0 aromatic rings. The van der Waals surface area contributed by atoms with Gasteiger partial charge in [0.25, 0.3) is 5.97 Å². The molecule has 0 aromatic heterocycles. The lowest BCUT2D eigenvalue weighted by molar-refractivity contribution is -0.134. The van der Waals surface area contributed by atoms with Crippen molar-refractivity contribution in [3.05, 3.63) is 0 Å². The monoisotopic (exact) mass is 266 g/mol. The van der Waals surface area contributed by atoms with Crippen LogP contribution in [0.2, 0.25) is 0 Å². The fourth-order valence-electron chi connectivity index (χ4n) is 0. The Morgan fingerprint density at radius 3 is 1.33 bits per heavy atom. The van der Waals surface area contributed by atoms with E-state index in [-0.39, 0.29) is 29.2 Å². The first-order valence-electron chi connectivity index (χ1n) is 1.82. The minimum Gasteiger partial charge on any atom is -0.481 e. The fourth-order valence-corrected chi connectivity index (χ4v) is 0. The van der Waals surface area contributed by atoms with Crippen LogP contribution in [0.25, 0.3) is 0 Å². The molecular formula is C4H8ClIO3. The molecule has 0 fully saturated rings. The van der Waals surface area contributed by atoms with Crippen molar-refractivity contribution >= 4 is 46.8 Å². The second kappa shape index (κ2) is 11.0. The van der Waals surface area contributed by atoms with Gasteiger partial charge in [-0.25, -0.2) is 0 Å². The third-order valence-corrected chi connectivity index (χ3v) is 0. The molecule has 0 spiro atoms. The topological polar surface area (TPSA) is 54.4 Å². The maximum atomic E-state index is 9.21. The molecule has 0 rings (SSSR count). The van der Waals surface area contributed by atoms with Gasteiger partial charge in [-0.3, -0.25) is 9.59 Å². The average molecular weight is 266 g/mol. The van der Waals surface area contributed by atoms with Crippen LogP contribution in [0.3, 0.4) is 0 Å². The molecule has 0 unspecified atom stereocenters. The van der Waals surface area contributed by atoms with Crippen LogP contribution in [-0.4, -0.2) is 16.3 Å². The zero-order valence-corrected chi connectivity index (χ0v) is 8.14. The lowest BCUT2D eigenvalue weighted by atomic mass is 10.9. The van der Waals surface area contributed by atoms with E-state index in [4.69, 9.17) is 9.90 Å². The van der Waals surface area contributed by atoms with Crippen LogP contribution in [0.4, 0.5) is 0 Å². The summed E-state index contributed by atoms with van der Waals surface area (Å²) in [5, 5.41) is 7.06. The van der Waals surface area contributed by atoms with Gasteiger partial charge in [-0.05, 0) is 11.6 Å². The highest BCUT2D eigenvalue weighted by Crippen LogP contribution is 1.67. The first-order chi connectivity index (χ1) is 3.46. The highest BCUT2D eigenvalue weighted by atomic mass is 127. The summed E-state index contributed by atoms with van der Waals surface area (Å²) in [6, 6.07) is 0. The van der Waals surface area contributed by atoms with E-state index in [0.717, 1.165) is 6.92 Å². The number of halogens is 2. The number of rotatable bonds is 0. The Morgan fingerprint density at radius 2 is 1.33 bits per heavy atom. The normalized spacial score (nSPS) is 5.67.